The molecule has 24 heteroatoms. The van der Waals surface area contributed by atoms with E-state index in [1.807, 2.05) is 10.8 Å². The molecule has 2 aromatic carbocycles. The first-order chi connectivity index (χ1) is 28.0. The SMILES string of the molecule is O=C(O)CCNc1nc(Cc2nnc(SCCSc3nnc(Cc4csc(NCCC(=O)O)n4)n3NC(=O)c3ccc(Cl)cc3)n2NC(=O)c2ccc(Cl)cc2)cs1. The molecule has 0 aliphatic heterocycles. The van der Waals surface area contributed by atoms with Crippen LogP contribution in [0.5, 0.6) is 0 Å². The highest BCUT2D eigenvalue weighted by Crippen LogP contribution is 2.25. The number of anilines is 2. The van der Waals surface area contributed by atoms with Crippen LogP contribution in [0.4, 0.5) is 10.3 Å². The lowest BCUT2D eigenvalue weighted by molar-refractivity contribution is -0.137. The van der Waals surface area contributed by atoms with Gasteiger partial charge in [0.2, 0.25) is 10.3 Å². The third-order valence-corrected chi connectivity index (χ3v) is 11.9. The number of hydrogen-bond acceptors (Lipinski definition) is 16. The summed E-state index contributed by atoms with van der Waals surface area (Å²) in [4.78, 5) is 57.5. The molecule has 302 valence electrons. The lowest BCUT2D eigenvalue weighted by Crippen LogP contribution is -2.26. The van der Waals surface area contributed by atoms with Crippen LogP contribution in [0.1, 0.15) is 56.6 Å². The van der Waals surface area contributed by atoms with Crippen molar-refractivity contribution in [2.24, 2.45) is 0 Å². The fourth-order valence-electron chi connectivity index (χ4n) is 4.86. The summed E-state index contributed by atoms with van der Waals surface area (Å²) in [5.74, 6) is -0.897. The monoisotopic (exact) mass is 902 g/mol. The minimum Gasteiger partial charge on any atom is -0.481 e. The fraction of sp³-hybridized carbons (Fsp3) is 0.235. The molecule has 0 fully saturated rings. The van der Waals surface area contributed by atoms with Crippen molar-refractivity contribution < 1.29 is 29.4 Å². The normalized spacial score (nSPS) is 11.0. The maximum absolute atomic E-state index is 13.3. The van der Waals surface area contributed by atoms with Crippen LogP contribution >= 0.6 is 69.4 Å². The second-order valence-corrected chi connectivity index (χ2v) is 16.6. The van der Waals surface area contributed by atoms with Gasteiger partial charge in [-0.05, 0) is 48.5 Å². The predicted molar refractivity (Wildman–Crippen MR) is 223 cm³/mol. The minimum absolute atomic E-state index is 0.0550. The van der Waals surface area contributed by atoms with Gasteiger partial charge in [0, 0.05) is 56.5 Å². The zero-order valence-corrected chi connectivity index (χ0v) is 34.7. The van der Waals surface area contributed by atoms with Gasteiger partial charge in [0.15, 0.2) is 21.9 Å². The van der Waals surface area contributed by atoms with Gasteiger partial charge in [-0.3, -0.25) is 30.0 Å². The van der Waals surface area contributed by atoms with Crippen molar-refractivity contribution in [3.8, 4) is 0 Å². The number of aliphatic carboxylic acids is 2. The third-order valence-electron chi connectivity index (χ3n) is 7.60. The van der Waals surface area contributed by atoms with Crippen molar-refractivity contribution in [1.29, 1.82) is 0 Å². The Bertz CT molecular complexity index is 2210. The number of thiazole rings is 2. The van der Waals surface area contributed by atoms with Crippen LogP contribution in [0, 0.1) is 0 Å². The van der Waals surface area contributed by atoms with Crippen LogP contribution in [0.3, 0.4) is 0 Å². The van der Waals surface area contributed by atoms with Gasteiger partial charge >= 0.3 is 11.9 Å². The van der Waals surface area contributed by atoms with Gasteiger partial charge in [-0.15, -0.1) is 43.1 Å². The van der Waals surface area contributed by atoms with Crippen molar-refractivity contribution >= 4 is 103 Å². The highest BCUT2D eigenvalue weighted by Gasteiger charge is 2.21. The van der Waals surface area contributed by atoms with E-state index in [1.165, 1.54) is 55.5 Å². The van der Waals surface area contributed by atoms with E-state index in [-0.39, 0.29) is 38.8 Å². The topological polar surface area (TPSA) is 244 Å². The Balaban J connectivity index is 1.15. The number of aromatic nitrogens is 8. The highest BCUT2D eigenvalue weighted by atomic mass is 35.5. The average Bonchev–Trinajstić information content (AvgIpc) is 4.00. The van der Waals surface area contributed by atoms with Crippen LogP contribution in [0.15, 0.2) is 69.6 Å². The van der Waals surface area contributed by atoms with E-state index in [2.05, 4.69) is 51.8 Å². The maximum atomic E-state index is 13.3. The number of amides is 2. The van der Waals surface area contributed by atoms with Crippen LogP contribution in [0.2, 0.25) is 10.0 Å². The molecule has 0 saturated carbocycles. The number of hydrogen-bond donors (Lipinski definition) is 6. The average molecular weight is 904 g/mol. The van der Waals surface area contributed by atoms with Crippen LogP contribution in [-0.2, 0) is 22.4 Å². The first kappa shape index (κ1) is 42.3. The summed E-state index contributed by atoms with van der Waals surface area (Å²) in [7, 11) is 0. The van der Waals surface area contributed by atoms with Crippen LogP contribution in [-0.4, -0.2) is 98.3 Å². The second kappa shape index (κ2) is 20.4. The van der Waals surface area contributed by atoms with Crippen molar-refractivity contribution in [2.45, 2.75) is 36.0 Å². The highest BCUT2D eigenvalue weighted by molar-refractivity contribution is 8.02. The summed E-state index contributed by atoms with van der Waals surface area (Å²) in [6.45, 7) is 0.450. The molecule has 0 aliphatic carbocycles. The van der Waals surface area contributed by atoms with Crippen LogP contribution < -0.4 is 21.5 Å². The lowest BCUT2D eigenvalue weighted by atomic mass is 10.2. The predicted octanol–water partition coefficient (Wildman–Crippen LogP) is 5.70. The number of carbonyl (C=O) groups excluding carboxylic acids is 2. The molecule has 0 atom stereocenters. The van der Waals surface area contributed by atoms with E-state index >= 15 is 0 Å². The molecule has 0 radical (unpaired) electrons. The fourth-order valence-corrected chi connectivity index (χ4v) is 8.38. The Morgan fingerprint density at radius 2 is 1.02 bits per heavy atom. The van der Waals surface area contributed by atoms with E-state index in [0.717, 1.165) is 0 Å². The standard InChI is InChI=1S/C34H32Cl2N12O6S4/c35-21-5-1-19(2-6-21)29(53)45-47-25(15-23-17-57-31(39-23)37-11-9-27(49)50)41-43-33(47)55-13-14-56-34-44-42-26(16-24-18-58-32(40-24)38-12-10-28(51)52)48(34)46-30(54)20-3-7-22(36)8-4-20/h1-8,17-18H,9-16H2,(H,37,39)(H,38,40)(H,45,53)(H,46,54)(H,49,50)(H,51,52). The van der Waals surface area contributed by atoms with Crippen LogP contribution in [0.25, 0.3) is 0 Å². The first-order valence-electron chi connectivity index (χ1n) is 17.1. The Kier molecular flexibility index (Phi) is 14.9. The smallest absolute Gasteiger partial charge is 0.305 e. The molecule has 58 heavy (non-hydrogen) atoms. The second-order valence-electron chi connectivity index (χ2n) is 11.8. The molecule has 0 spiro atoms. The van der Waals surface area contributed by atoms with Gasteiger partial charge in [-0.1, -0.05) is 46.7 Å². The van der Waals surface area contributed by atoms with Crippen molar-refractivity contribution in [3.63, 3.8) is 0 Å². The van der Waals surface area contributed by atoms with Gasteiger partial charge in [-0.25, -0.2) is 19.3 Å². The van der Waals surface area contributed by atoms with E-state index < -0.39 is 23.8 Å². The lowest BCUT2D eigenvalue weighted by Gasteiger charge is -2.12. The summed E-state index contributed by atoms with van der Waals surface area (Å²) in [6.07, 6.45) is 0.331. The molecule has 0 unspecified atom stereocenters. The van der Waals surface area contributed by atoms with E-state index in [9.17, 15) is 19.2 Å². The minimum atomic E-state index is -0.920. The number of benzene rings is 2. The number of halogens is 2. The van der Waals surface area contributed by atoms with Gasteiger partial charge in [0.05, 0.1) is 37.1 Å². The molecule has 2 amide bonds. The number of rotatable bonds is 21. The molecule has 4 heterocycles. The number of carboxylic acid groups (broad SMARTS) is 2. The molecular formula is C34H32Cl2N12O6S4. The first-order valence-corrected chi connectivity index (χ1v) is 21.6. The van der Waals surface area contributed by atoms with E-state index in [4.69, 9.17) is 33.4 Å². The summed E-state index contributed by atoms with van der Waals surface area (Å²) in [6, 6.07) is 12.9. The number of nitrogens with zero attached hydrogens (tertiary/aromatic N) is 8. The summed E-state index contributed by atoms with van der Waals surface area (Å²) < 4.78 is 3.02. The Morgan fingerprint density at radius 1 is 0.621 bits per heavy atom. The quantitative estimate of drug-likeness (QED) is 0.0375. The molecule has 18 nitrogen and oxygen atoms in total. The van der Waals surface area contributed by atoms with Crippen molar-refractivity contribution in [1.82, 2.24) is 39.7 Å². The Morgan fingerprint density at radius 3 is 1.40 bits per heavy atom. The maximum Gasteiger partial charge on any atom is 0.305 e. The summed E-state index contributed by atoms with van der Waals surface area (Å²) in [5.41, 5.74) is 7.78. The zero-order valence-electron chi connectivity index (χ0n) is 29.9. The number of nitrogens with one attached hydrogen (secondary N) is 4. The molecule has 6 N–H and O–H groups in total. The summed E-state index contributed by atoms with van der Waals surface area (Å²) in [5, 5.41) is 47.8. The van der Waals surface area contributed by atoms with E-state index in [1.54, 1.807) is 48.5 Å². The van der Waals surface area contributed by atoms with Crippen molar-refractivity contribution in [3.05, 3.63) is 103 Å². The molecule has 6 aromatic rings. The Labute approximate surface area is 356 Å². The third kappa shape index (κ3) is 12.1. The largest absolute Gasteiger partial charge is 0.481 e. The van der Waals surface area contributed by atoms with Crippen molar-refractivity contribution in [2.75, 3.05) is 46.1 Å². The molecule has 0 saturated heterocycles. The van der Waals surface area contributed by atoms with Gasteiger partial charge in [0.1, 0.15) is 0 Å². The van der Waals surface area contributed by atoms with Gasteiger partial charge in [-0.2, -0.15) is 0 Å². The number of carbonyl (C=O) groups is 4. The van der Waals surface area contributed by atoms with Gasteiger partial charge in [0.25, 0.3) is 11.8 Å². The molecule has 0 aliphatic rings. The number of thioether (sulfide) groups is 2. The van der Waals surface area contributed by atoms with E-state index in [0.29, 0.717) is 76.3 Å². The molecular weight excluding hydrogens is 872 g/mol. The zero-order chi connectivity index (χ0) is 41.0. The number of carboxylic acids is 2. The molecule has 0 bridgehead atoms. The molecule has 6 rings (SSSR count). The Hall–Kier alpha value is -5.26. The van der Waals surface area contributed by atoms with Gasteiger partial charge < -0.3 is 20.8 Å². The molecule has 4 aromatic heterocycles. The summed E-state index contributed by atoms with van der Waals surface area (Å²) >= 11 is 17.4.